The Morgan fingerprint density at radius 2 is 2.44 bits per heavy atom. The van der Waals surface area contributed by atoms with Crippen LogP contribution in [-0.4, -0.2) is 30.0 Å². The maximum atomic E-state index is 11.9. The van der Waals surface area contributed by atoms with Gasteiger partial charge in [0.25, 0.3) is 5.91 Å². The average Bonchev–Trinajstić information content (AvgIpc) is 2.84. The van der Waals surface area contributed by atoms with E-state index < -0.39 is 0 Å². The molecule has 4 nitrogen and oxygen atoms in total. The maximum absolute atomic E-state index is 11.9. The molecule has 0 N–H and O–H groups in total. The van der Waals surface area contributed by atoms with Crippen LogP contribution in [0.2, 0.25) is 5.02 Å². The molecular formula is C13H13ClN2O2. The van der Waals surface area contributed by atoms with Crippen molar-refractivity contribution >= 4 is 17.5 Å². The Kier molecular flexibility index (Phi) is 4.06. The van der Waals surface area contributed by atoms with Crippen LogP contribution >= 0.6 is 11.6 Å². The van der Waals surface area contributed by atoms with Crippen molar-refractivity contribution in [1.82, 2.24) is 4.90 Å². The molecule has 1 atom stereocenters. The zero-order valence-electron chi connectivity index (χ0n) is 9.80. The Balaban J connectivity index is 1.91. The normalized spacial score (nSPS) is 18.4. The summed E-state index contributed by atoms with van der Waals surface area (Å²) in [5.74, 6) is 0.405. The minimum absolute atomic E-state index is 0.0570. The first-order valence-corrected chi connectivity index (χ1v) is 6.16. The van der Waals surface area contributed by atoms with Crippen LogP contribution in [0.3, 0.4) is 0 Å². The highest BCUT2D eigenvalue weighted by molar-refractivity contribution is 6.30. The van der Waals surface area contributed by atoms with Gasteiger partial charge in [-0.2, -0.15) is 5.26 Å². The average molecular weight is 265 g/mol. The molecule has 1 aliphatic rings. The Bertz CT molecular complexity index is 484. The summed E-state index contributed by atoms with van der Waals surface area (Å²) in [5.41, 5.74) is 0. The van der Waals surface area contributed by atoms with Crippen molar-refractivity contribution in [1.29, 1.82) is 5.26 Å². The molecule has 2 rings (SSSR count). The van der Waals surface area contributed by atoms with Gasteiger partial charge in [-0.3, -0.25) is 4.79 Å². The molecule has 94 valence electrons. The molecule has 0 bridgehead atoms. The van der Waals surface area contributed by atoms with Gasteiger partial charge in [-0.1, -0.05) is 17.7 Å². The molecule has 0 aliphatic carbocycles. The van der Waals surface area contributed by atoms with Gasteiger partial charge >= 0.3 is 0 Å². The van der Waals surface area contributed by atoms with Gasteiger partial charge in [0.2, 0.25) is 0 Å². The number of ether oxygens (including phenoxy) is 1. The molecule has 1 unspecified atom stereocenters. The highest BCUT2D eigenvalue weighted by atomic mass is 35.5. The molecule has 0 radical (unpaired) electrons. The lowest BCUT2D eigenvalue weighted by Crippen LogP contribution is -2.37. The number of amides is 1. The standard InChI is InChI=1S/C13H13ClN2O2/c14-10-3-1-5-12(7-10)18-9-13(17)16-6-2-4-11(16)8-15/h1,3,5,7,11H,2,4,6,9H2. The number of carbonyl (C=O) groups is 1. The fourth-order valence-corrected chi connectivity index (χ4v) is 2.16. The summed E-state index contributed by atoms with van der Waals surface area (Å²) in [6.45, 7) is 0.578. The number of rotatable bonds is 3. The molecule has 5 heteroatoms. The lowest BCUT2D eigenvalue weighted by Gasteiger charge is -2.19. The fourth-order valence-electron chi connectivity index (χ4n) is 1.98. The SMILES string of the molecule is N#CC1CCCN1C(=O)COc1cccc(Cl)c1. The van der Waals surface area contributed by atoms with Gasteiger partial charge in [-0.25, -0.2) is 0 Å². The molecule has 0 saturated carbocycles. The van der Waals surface area contributed by atoms with E-state index in [0.717, 1.165) is 12.8 Å². The summed E-state index contributed by atoms with van der Waals surface area (Å²) in [6.07, 6.45) is 1.63. The molecule has 1 fully saturated rings. The largest absolute Gasteiger partial charge is 0.484 e. The van der Waals surface area contributed by atoms with Gasteiger partial charge in [-0.15, -0.1) is 0 Å². The number of benzene rings is 1. The number of nitrogens with zero attached hydrogens (tertiary/aromatic N) is 2. The molecule has 1 saturated heterocycles. The van der Waals surface area contributed by atoms with Crippen molar-refractivity contribution in [3.63, 3.8) is 0 Å². The summed E-state index contributed by atoms with van der Waals surface area (Å²) >= 11 is 5.81. The first-order valence-electron chi connectivity index (χ1n) is 5.78. The van der Waals surface area contributed by atoms with Crippen LogP contribution in [-0.2, 0) is 4.79 Å². The number of nitriles is 1. The third kappa shape index (κ3) is 2.93. The van der Waals surface area contributed by atoms with E-state index in [9.17, 15) is 4.79 Å². The Morgan fingerprint density at radius 1 is 1.61 bits per heavy atom. The zero-order chi connectivity index (χ0) is 13.0. The van der Waals surface area contributed by atoms with E-state index in [0.29, 0.717) is 17.3 Å². The molecule has 1 amide bonds. The maximum Gasteiger partial charge on any atom is 0.261 e. The van der Waals surface area contributed by atoms with Crippen molar-refractivity contribution in [2.24, 2.45) is 0 Å². The summed E-state index contributed by atoms with van der Waals surface area (Å²) < 4.78 is 5.37. The number of likely N-dealkylation sites (tertiary alicyclic amines) is 1. The van der Waals surface area contributed by atoms with Crippen molar-refractivity contribution in [3.8, 4) is 11.8 Å². The topological polar surface area (TPSA) is 53.3 Å². The second-order valence-electron chi connectivity index (χ2n) is 4.12. The molecule has 1 aromatic rings. The molecule has 1 aliphatic heterocycles. The predicted molar refractivity (Wildman–Crippen MR) is 67.3 cm³/mol. The number of hydrogen-bond acceptors (Lipinski definition) is 3. The number of halogens is 1. The van der Waals surface area contributed by atoms with Crippen LogP contribution in [0.1, 0.15) is 12.8 Å². The van der Waals surface area contributed by atoms with E-state index in [1.54, 1.807) is 29.2 Å². The van der Waals surface area contributed by atoms with E-state index in [2.05, 4.69) is 6.07 Å². The summed E-state index contributed by atoms with van der Waals surface area (Å²) in [6, 6.07) is 8.72. The van der Waals surface area contributed by atoms with Crippen LogP contribution in [0.5, 0.6) is 5.75 Å². The van der Waals surface area contributed by atoms with Crippen LogP contribution in [0.25, 0.3) is 0 Å². The molecule has 0 aromatic heterocycles. The Labute approximate surface area is 111 Å². The van der Waals surface area contributed by atoms with Crippen LogP contribution in [0.4, 0.5) is 0 Å². The van der Waals surface area contributed by atoms with Gasteiger partial charge in [0.15, 0.2) is 6.61 Å². The molecule has 18 heavy (non-hydrogen) atoms. The predicted octanol–water partition coefficient (Wildman–Crippen LogP) is 2.23. The molecular weight excluding hydrogens is 252 g/mol. The van der Waals surface area contributed by atoms with E-state index >= 15 is 0 Å². The smallest absolute Gasteiger partial charge is 0.261 e. The van der Waals surface area contributed by atoms with Crippen LogP contribution < -0.4 is 4.74 Å². The fraction of sp³-hybridized carbons (Fsp3) is 0.385. The minimum Gasteiger partial charge on any atom is -0.484 e. The highest BCUT2D eigenvalue weighted by Gasteiger charge is 2.28. The summed E-state index contributed by atoms with van der Waals surface area (Å²) in [5, 5.41) is 9.47. The highest BCUT2D eigenvalue weighted by Crippen LogP contribution is 2.19. The lowest BCUT2D eigenvalue weighted by atomic mass is 10.2. The molecule has 1 aromatic carbocycles. The number of carbonyl (C=O) groups excluding carboxylic acids is 1. The van der Waals surface area contributed by atoms with Crippen molar-refractivity contribution in [2.75, 3.05) is 13.2 Å². The van der Waals surface area contributed by atoms with Gasteiger partial charge in [-0.05, 0) is 31.0 Å². The van der Waals surface area contributed by atoms with Crippen molar-refractivity contribution < 1.29 is 9.53 Å². The third-order valence-electron chi connectivity index (χ3n) is 2.88. The first-order chi connectivity index (χ1) is 8.70. The van der Waals surface area contributed by atoms with Crippen LogP contribution in [0.15, 0.2) is 24.3 Å². The van der Waals surface area contributed by atoms with Crippen LogP contribution in [0, 0.1) is 11.3 Å². The van der Waals surface area contributed by atoms with Crippen molar-refractivity contribution in [3.05, 3.63) is 29.3 Å². The van der Waals surface area contributed by atoms with Gasteiger partial charge < -0.3 is 9.64 Å². The van der Waals surface area contributed by atoms with Gasteiger partial charge in [0, 0.05) is 11.6 Å². The van der Waals surface area contributed by atoms with E-state index in [4.69, 9.17) is 21.6 Å². The van der Waals surface area contributed by atoms with Gasteiger partial charge in [0.1, 0.15) is 11.8 Å². The molecule has 1 heterocycles. The zero-order valence-corrected chi connectivity index (χ0v) is 10.6. The minimum atomic E-state index is -0.305. The lowest BCUT2D eigenvalue weighted by molar-refractivity contribution is -0.133. The summed E-state index contributed by atoms with van der Waals surface area (Å²) in [4.78, 5) is 13.5. The Morgan fingerprint density at radius 3 is 3.17 bits per heavy atom. The second-order valence-corrected chi connectivity index (χ2v) is 4.56. The van der Waals surface area contributed by atoms with E-state index in [1.165, 1.54) is 0 Å². The third-order valence-corrected chi connectivity index (χ3v) is 3.12. The van der Waals surface area contributed by atoms with Crippen molar-refractivity contribution in [2.45, 2.75) is 18.9 Å². The monoisotopic (exact) mass is 264 g/mol. The van der Waals surface area contributed by atoms with E-state index in [-0.39, 0.29) is 18.6 Å². The summed E-state index contributed by atoms with van der Waals surface area (Å²) in [7, 11) is 0. The quantitative estimate of drug-likeness (QED) is 0.841. The van der Waals surface area contributed by atoms with Gasteiger partial charge in [0.05, 0.1) is 6.07 Å². The second kappa shape index (κ2) is 5.74. The molecule has 0 spiro atoms. The number of hydrogen-bond donors (Lipinski definition) is 0. The Hall–Kier alpha value is -1.73. The van der Waals surface area contributed by atoms with E-state index in [1.807, 2.05) is 0 Å². The first kappa shape index (κ1) is 12.7.